The highest BCUT2D eigenvalue weighted by Gasteiger charge is 2.21. The minimum absolute atomic E-state index is 0.00908. The van der Waals surface area contributed by atoms with E-state index in [0.717, 1.165) is 0 Å². The fourth-order valence-corrected chi connectivity index (χ4v) is 3.33. The molecule has 0 fully saturated rings. The van der Waals surface area contributed by atoms with Crippen LogP contribution in [0.1, 0.15) is 18.2 Å². The van der Waals surface area contributed by atoms with Gasteiger partial charge < -0.3 is 23.5 Å². The van der Waals surface area contributed by atoms with Gasteiger partial charge in [0.25, 0.3) is 0 Å². The molecule has 0 saturated heterocycles. The van der Waals surface area contributed by atoms with E-state index in [2.05, 4.69) is 4.98 Å². The van der Waals surface area contributed by atoms with Gasteiger partial charge in [0, 0.05) is 18.7 Å². The summed E-state index contributed by atoms with van der Waals surface area (Å²) in [7, 11) is 1.56. The molecule has 0 atom stereocenters. The molecular formula is C26H23FN2O5. The molecule has 34 heavy (non-hydrogen) atoms. The van der Waals surface area contributed by atoms with E-state index in [1.54, 1.807) is 61.9 Å². The largest absolute Gasteiger partial charge is 0.497 e. The van der Waals surface area contributed by atoms with E-state index in [4.69, 9.17) is 18.6 Å². The van der Waals surface area contributed by atoms with Crippen molar-refractivity contribution in [3.05, 3.63) is 96.3 Å². The van der Waals surface area contributed by atoms with Crippen LogP contribution in [-0.4, -0.2) is 18.0 Å². The number of amides is 1. The Morgan fingerprint density at radius 2 is 1.91 bits per heavy atom. The first-order chi connectivity index (χ1) is 16.5. The first kappa shape index (κ1) is 22.8. The highest BCUT2D eigenvalue weighted by atomic mass is 19.1. The second kappa shape index (κ2) is 10.5. The number of methoxy groups -OCH3 is 1. The van der Waals surface area contributed by atoms with E-state index in [-0.39, 0.29) is 30.7 Å². The van der Waals surface area contributed by atoms with Crippen LogP contribution in [-0.2, 0) is 17.9 Å². The molecule has 0 radical (unpaired) electrons. The summed E-state index contributed by atoms with van der Waals surface area (Å²) in [6.07, 6.45) is 3.09. The molecule has 174 valence electrons. The lowest BCUT2D eigenvalue weighted by Gasteiger charge is -2.24. The molecule has 0 aliphatic heterocycles. The van der Waals surface area contributed by atoms with E-state index >= 15 is 0 Å². The second-order valence-corrected chi connectivity index (χ2v) is 7.31. The summed E-state index contributed by atoms with van der Waals surface area (Å²) in [6, 6.07) is 18.3. The molecule has 0 unspecified atom stereocenters. The first-order valence-corrected chi connectivity index (χ1v) is 10.5. The zero-order chi connectivity index (χ0) is 23.9. The Balaban J connectivity index is 1.65. The minimum atomic E-state index is -0.533. The van der Waals surface area contributed by atoms with Gasteiger partial charge in [0.1, 0.15) is 29.6 Å². The summed E-state index contributed by atoms with van der Waals surface area (Å²) in [5.41, 5.74) is 1.08. The first-order valence-electron chi connectivity index (χ1n) is 10.5. The highest BCUT2D eigenvalue weighted by molar-refractivity contribution is 5.92. The van der Waals surface area contributed by atoms with Gasteiger partial charge in [0.2, 0.25) is 11.8 Å². The third-order valence-electron chi connectivity index (χ3n) is 5.01. The number of halogens is 1. The Hall–Kier alpha value is -4.33. The van der Waals surface area contributed by atoms with Crippen molar-refractivity contribution in [2.75, 3.05) is 12.0 Å². The number of anilines is 1. The molecule has 0 aliphatic rings. The number of aromatic nitrogens is 1. The monoisotopic (exact) mass is 462 g/mol. The van der Waals surface area contributed by atoms with Crippen LogP contribution in [0.15, 0.2) is 83.6 Å². The molecule has 1 amide bonds. The summed E-state index contributed by atoms with van der Waals surface area (Å²) in [6.45, 7) is 1.80. The SMILES string of the molecule is COc1ccc(OCc2ccco2)c(CN(C(C)=O)c2cccnc2Oc2ccccc2F)c1. The summed E-state index contributed by atoms with van der Waals surface area (Å²) < 4.78 is 36.6. The smallest absolute Gasteiger partial charge is 0.243 e. The Bertz CT molecular complexity index is 1260. The van der Waals surface area contributed by atoms with Crippen molar-refractivity contribution in [1.82, 2.24) is 4.98 Å². The van der Waals surface area contributed by atoms with Gasteiger partial charge in [-0.3, -0.25) is 4.79 Å². The van der Waals surface area contributed by atoms with E-state index in [1.807, 2.05) is 6.07 Å². The lowest BCUT2D eigenvalue weighted by atomic mass is 10.1. The van der Waals surface area contributed by atoms with Crippen molar-refractivity contribution in [2.45, 2.75) is 20.1 Å². The third kappa shape index (κ3) is 5.35. The fourth-order valence-electron chi connectivity index (χ4n) is 3.33. The third-order valence-corrected chi connectivity index (χ3v) is 5.01. The van der Waals surface area contributed by atoms with E-state index < -0.39 is 5.82 Å². The normalized spacial score (nSPS) is 10.6. The molecule has 2 aromatic carbocycles. The van der Waals surface area contributed by atoms with Crippen LogP contribution in [0, 0.1) is 5.82 Å². The van der Waals surface area contributed by atoms with Gasteiger partial charge in [-0.05, 0) is 54.6 Å². The second-order valence-electron chi connectivity index (χ2n) is 7.31. The molecule has 2 heterocycles. The van der Waals surface area contributed by atoms with Crippen LogP contribution in [0.4, 0.5) is 10.1 Å². The summed E-state index contributed by atoms with van der Waals surface area (Å²) in [4.78, 5) is 18.4. The number of carbonyl (C=O) groups excluding carboxylic acids is 1. The zero-order valence-corrected chi connectivity index (χ0v) is 18.7. The Morgan fingerprint density at radius 1 is 1.06 bits per heavy atom. The molecule has 0 saturated carbocycles. The highest BCUT2D eigenvalue weighted by Crippen LogP contribution is 2.34. The Kier molecular flexibility index (Phi) is 7.07. The molecule has 0 aliphatic carbocycles. The van der Waals surface area contributed by atoms with Crippen LogP contribution in [0.3, 0.4) is 0 Å². The average Bonchev–Trinajstić information content (AvgIpc) is 3.37. The summed E-state index contributed by atoms with van der Waals surface area (Å²) >= 11 is 0. The summed E-state index contributed by atoms with van der Waals surface area (Å²) in [5, 5.41) is 0. The Morgan fingerprint density at radius 3 is 2.65 bits per heavy atom. The van der Waals surface area contributed by atoms with Crippen LogP contribution in [0.2, 0.25) is 0 Å². The molecule has 4 rings (SSSR count). The lowest BCUT2D eigenvalue weighted by molar-refractivity contribution is -0.116. The van der Waals surface area contributed by atoms with Crippen molar-refractivity contribution < 1.29 is 27.8 Å². The fraction of sp³-hybridized carbons (Fsp3) is 0.154. The number of rotatable bonds is 9. The van der Waals surface area contributed by atoms with Crippen LogP contribution in [0.5, 0.6) is 23.1 Å². The Labute approximate surface area is 196 Å². The van der Waals surface area contributed by atoms with E-state index in [1.165, 1.54) is 30.2 Å². The average molecular weight is 462 g/mol. The number of para-hydroxylation sites is 1. The van der Waals surface area contributed by atoms with E-state index in [9.17, 15) is 9.18 Å². The number of nitrogens with zero attached hydrogens (tertiary/aromatic N) is 2. The van der Waals surface area contributed by atoms with Gasteiger partial charge in [-0.1, -0.05) is 12.1 Å². The topological polar surface area (TPSA) is 74.0 Å². The molecule has 0 spiro atoms. The maximum atomic E-state index is 14.2. The maximum Gasteiger partial charge on any atom is 0.243 e. The number of carbonyl (C=O) groups is 1. The zero-order valence-electron chi connectivity index (χ0n) is 18.7. The van der Waals surface area contributed by atoms with Gasteiger partial charge >= 0.3 is 0 Å². The summed E-state index contributed by atoms with van der Waals surface area (Å²) in [5.74, 6) is 1.15. The number of benzene rings is 2. The molecule has 2 aromatic heterocycles. The number of ether oxygens (including phenoxy) is 3. The van der Waals surface area contributed by atoms with Gasteiger partial charge in [0.15, 0.2) is 11.6 Å². The minimum Gasteiger partial charge on any atom is -0.497 e. The molecule has 8 heteroatoms. The van der Waals surface area contributed by atoms with Gasteiger partial charge in [-0.25, -0.2) is 9.37 Å². The molecule has 0 N–H and O–H groups in total. The van der Waals surface area contributed by atoms with Crippen molar-refractivity contribution >= 4 is 11.6 Å². The molecule has 4 aromatic rings. The van der Waals surface area contributed by atoms with Crippen LogP contribution < -0.4 is 19.1 Å². The van der Waals surface area contributed by atoms with Crippen molar-refractivity contribution in [1.29, 1.82) is 0 Å². The molecular weight excluding hydrogens is 439 g/mol. The van der Waals surface area contributed by atoms with Crippen LogP contribution in [0.25, 0.3) is 0 Å². The van der Waals surface area contributed by atoms with Crippen molar-refractivity contribution in [3.8, 4) is 23.1 Å². The van der Waals surface area contributed by atoms with E-state index in [0.29, 0.717) is 28.5 Å². The molecule has 0 bridgehead atoms. The van der Waals surface area contributed by atoms with Crippen LogP contribution >= 0.6 is 0 Å². The van der Waals surface area contributed by atoms with Gasteiger partial charge in [0.05, 0.1) is 19.9 Å². The number of hydrogen-bond acceptors (Lipinski definition) is 6. The molecule has 7 nitrogen and oxygen atoms in total. The van der Waals surface area contributed by atoms with Gasteiger partial charge in [-0.15, -0.1) is 0 Å². The lowest BCUT2D eigenvalue weighted by Crippen LogP contribution is -2.28. The predicted molar refractivity (Wildman–Crippen MR) is 124 cm³/mol. The maximum absolute atomic E-state index is 14.2. The predicted octanol–water partition coefficient (Wildman–Crippen LogP) is 5.75. The standard InChI is InChI=1S/C26H23FN2O5/c1-18(30)29(23-9-5-13-28-26(23)34-25-10-4-3-8-22(25)27)16-19-15-20(31-2)11-12-24(19)33-17-21-7-6-14-32-21/h3-15H,16-17H2,1-2H3. The quantitative estimate of drug-likeness (QED) is 0.316. The number of pyridine rings is 1. The van der Waals surface area contributed by atoms with Crippen molar-refractivity contribution in [3.63, 3.8) is 0 Å². The van der Waals surface area contributed by atoms with Gasteiger partial charge in [-0.2, -0.15) is 0 Å². The van der Waals surface area contributed by atoms with Crippen molar-refractivity contribution in [2.24, 2.45) is 0 Å². The number of hydrogen-bond donors (Lipinski definition) is 0. The number of furan rings is 1.